The van der Waals surface area contributed by atoms with E-state index >= 15 is 0 Å². The van der Waals surface area contributed by atoms with Crippen LogP contribution in [0.2, 0.25) is 0 Å². The van der Waals surface area contributed by atoms with Gasteiger partial charge < -0.3 is 0 Å². The van der Waals surface area contributed by atoms with Gasteiger partial charge >= 0.3 is 0 Å². The molecule has 0 aromatic carbocycles. The first-order valence-electron chi connectivity index (χ1n) is 7.58. The Morgan fingerprint density at radius 3 is 1.44 bits per heavy atom. The van der Waals surface area contributed by atoms with Crippen LogP contribution in [0, 0.1) is 35.5 Å². The molecule has 0 aromatic rings. The Labute approximate surface area is 102 Å². The van der Waals surface area contributed by atoms with Crippen LogP contribution in [0.15, 0.2) is 0 Å². The third-order valence-electron chi connectivity index (χ3n) is 5.58. The Balaban J connectivity index is 1.93. The van der Waals surface area contributed by atoms with Gasteiger partial charge in [-0.2, -0.15) is 0 Å². The smallest absolute Gasteiger partial charge is 0.0380 e. The van der Waals surface area contributed by atoms with Crippen LogP contribution in [0.1, 0.15) is 66.2 Å². The van der Waals surface area contributed by atoms with E-state index in [1.165, 1.54) is 12.8 Å². The predicted molar refractivity (Wildman–Crippen MR) is 71.3 cm³/mol. The standard InChI is InChI=1S/C16H30/c1-11(2)14-7-5-13-6-8-15(12(3)4)10-16(13)9-14/h11-16H,5-10H2,1-4H3. The molecule has 0 aromatic heterocycles. The minimum absolute atomic E-state index is 0.917. The molecule has 2 unspecified atom stereocenters. The fourth-order valence-electron chi connectivity index (χ4n) is 4.18. The van der Waals surface area contributed by atoms with E-state index < -0.39 is 0 Å². The lowest BCUT2D eigenvalue weighted by atomic mass is 9.62. The normalized spacial score (nSPS) is 40.1. The second-order valence-electron chi connectivity index (χ2n) is 7.15. The van der Waals surface area contributed by atoms with Crippen molar-refractivity contribution in [3.63, 3.8) is 0 Å². The van der Waals surface area contributed by atoms with Gasteiger partial charge in [0.05, 0.1) is 0 Å². The molecule has 2 aliphatic carbocycles. The summed E-state index contributed by atoms with van der Waals surface area (Å²) in [5, 5.41) is 0. The van der Waals surface area contributed by atoms with Gasteiger partial charge in [-0.15, -0.1) is 0 Å². The molecular formula is C16H30. The van der Waals surface area contributed by atoms with E-state index in [1.807, 2.05) is 0 Å². The predicted octanol–water partition coefficient (Wildman–Crippen LogP) is 5.13. The van der Waals surface area contributed by atoms with Crippen molar-refractivity contribution >= 4 is 0 Å². The topological polar surface area (TPSA) is 0 Å². The molecule has 0 amide bonds. The van der Waals surface area contributed by atoms with Crippen molar-refractivity contribution in [2.45, 2.75) is 66.2 Å². The molecule has 0 aliphatic heterocycles. The molecule has 2 fully saturated rings. The van der Waals surface area contributed by atoms with Crippen LogP contribution in [0.25, 0.3) is 0 Å². The molecule has 94 valence electrons. The molecule has 16 heavy (non-hydrogen) atoms. The zero-order valence-corrected chi connectivity index (χ0v) is 11.7. The molecule has 2 saturated carbocycles. The quantitative estimate of drug-likeness (QED) is 0.607. The Bertz CT molecular complexity index is 194. The Kier molecular flexibility index (Phi) is 3.97. The molecule has 0 N–H and O–H groups in total. The zero-order valence-electron chi connectivity index (χ0n) is 11.7. The van der Waals surface area contributed by atoms with Crippen molar-refractivity contribution in [1.29, 1.82) is 0 Å². The highest BCUT2D eigenvalue weighted by Gasteiger charge is 2.36. The molecule has 0 nitrogen and oxygen atoms in total. The first-order chi connectivity index (χ1) is 7.58. The minimum atomic E-state index is 0.917. The van der Waals surface area contributed by atoms with Gasteiger partial charge in [0.15, 0.2) is 0 Å². The van der Waals surface area contributed by atoms with Crippen LogP contribution < -0.4 is 0 Å². The molecular weight excluding hydrogens is 192 g/mol. The first-order valence-corrected chi connectivity index (χ1v) is 7.58. The number of rotatable bonds is 2. The third kappa shape index (κ3) is 2.63. The van der Waals surface area contributed by atoms with Gasteiger partial charge in [-0.1, -0.05) is 27.7 Å². The van der Waals surface area contributed by atoms with Gasteiger partial charge in [-0.3, -0.25) is 0 Å². The molecule has 0 spiro atoms. The molecule has 0 heterocycles. The molecule has 2 aliphatic rings. The van der Waals surface area contributed by atoms with E-state index in [4.69, 9.17) is 0 Å². The summed E-state index contributed by atoms with van der Waals surface area (Å²) in [7, 11) is 0. The van der Waals surface area contributed by atoms with Gasteiger partial charge in [0.2, 0.25) is 0 Å². The van der Waals surface area contributed by atoms with Gasteiger partial charge in [0.25, 0.3) is 0 Å². The summed E-state index contributed by atoms with van der Waals surface area (Å²) in [6.07, 6.45) is 9.21. The minimum Gasteiger partial charge on any atom is -0.0625 e. The average molecular weight is 222 g/mol. The summed E-state index contributed by atoms with van der Waals surface area (Å²) in [6.45, 7) is 9.70. The van der Waals surface area contributed by atoms with Crippen molar-refractivity contribution in [1.82, 2.24) is 0 Å². The summed E-state index contributed by atoms with van der Waals surface area (Å²) in [6, 6.07) is 0. The fraction of sp³-hybridized carbons (Fsp3) is 1.00. The van der Waals surface area contributed by atoms with E-state index in [9.17, 15) is 0 Å². The van der Waals surface area contributed by atoms with Crippen LogP contribution in [0.5, 0.6) is 0 Å². The lowest BCUT2D eigenvalue weighted by molar-refractivity contribution is 0.0677. The second-order valence-corrected chi connectivity index (χ2v) is 7.15. The summed E-state index contributed by atoms with van der Waals surface area (Å²) in [4.78, 5) is 0. The van der Waals surface area contributed by atoms with Gasteiger partial charge in [-0.25, -0.2) is 0 Å². The second kappa shape index (κ2) is 5.10. The monoisotopic (exact) mass is 222 g/mol. The van der Waals surface area contributed by atoms with Crippen LogP contribution in [0.3, 0.4) is 0 Å². The molecule has 0 bridgehead atoms. The van der Waals surface area contributed by atoms with Crippen molar-refractivity contribution in [3.8, 4) is 0 Å². The first kappa shape index (κ1) is 12.5. The zero-order chi connectivity index (χ0) is 11.7. The highest BCUT2D eigenvalue weighted by Crippen LogP contribution is 2.47. The molecule has 0 radical (unpaired) electrons. The largest absolute Gasteiger partial charge is 0.0625 e. The average Bonchev–Trinajstić information content (AvgIpc) is 2.27. The molecule has 0 saturated heterocycles. The Morgan fingerprint density at radius 1 is 0.625 bits per heavy atom. The molecule has 2 atom stereocenters. The van der Waals surface area contributed by atoms with Gasteiger partial charge in [0.1, 0.15) is 0 Å². The van der Waals surface area contributed by atoms with Crippen molar-refractivity contribution in [3.05, 3.63) is 0 Å². The number of hydrogen-bond donors (Lipinski definition) is 0. The van der Waals surface area contributed by atoms with Crippen LogP contribution in [-0.2, 0) is 0 Å². The van der Waals surface area contributed by atoms with E-state index in [0.717, 1.165) is 35.5 Å². The van der Waals surface area contributed by atoms with Gasteiger partial charge in [0, 0.05) is 0 Å². The fourth-order valence-corrected chi connectivity index (χ4v) is 4.18. The van der Waals surface area contributed by atoms with E-state index in [1.54, 1.807) is 25.7 Å². The highest BCUT2D eigenvalue weighted by atomic mass is 14.4. The summed E-state index contributed by atoms with van der Waals surface area (Å²) >= 11 is 0. The Hall–Kier alpha value is 0. The number of fused-ring (bicyclic) bond motifs is 1. The van der Waals surface area contributed by atoms with Gasteiger partial charge in [-0.05, 0) is 74.0 Å². The summed E-state index contributed by atoms with van der Waals surface area (Å²) in [5.74, 6) is 6.09. The SMILES string of the molecule is CC(C)C1CCC2CCC(C(C)C)CC2C1. The maximum absolute atomic E-state index is 2.42. The van der Waals surface area contributed by atoms with Crippen LogP contribution >= 0.6 is 0 Å². The van der Waals surface area contributed by atoms with E-state index in [0.29, 0.717) is 0 Å². The van der Waals surface area contributed by atoms with Crippen molar-refractivity contribution in [2.75, 3.05) is 0 Å². The summed E-state index contributed by atoms with van der Waals surface area (Å²) < 4.78 is 0. The maximum atomic E-state index is 2.42. The number of hydrogen-bond acceptors (Lipinski definition) is 0. The maximum Gasteiger partial charge on any atom is -0.0380 e. The van der Waals surface area contributed by atoms with Crippen molar-refractivity contribution in [2.24, 2.45) is 35.5 Å². The lowest BCUT2D eigenvalue weighted by Crippen LogP contribution is -2.33. The summed E-state index contributed by atoms with van der Waals surface area (Å²) in [5.41, 5.74) is 0. The Morgan fingerprint density at radius 2 is 1.06 bits per heavy atom. The highest BCUT2D eigenvalue weighted by molar-refractivity contribution is 4.87. The van der Waals surface area contributed by atoms with E-state index in [-0.39, 0.29) is 0 Å². The molecule has 2 rings (SSSR count). The van der Waals surface area contributed by atoms with Crippen molar-refractivity contribution < 1.29 is 0 Å². The van der Waals surface area contributed by atoms with E-state index in [2.05, 4.69) is 27.7 Å². The lowest BCUT2D eigenvalue weighted by Gasteiger charge is -2.44. The molecule has 0 heteroatoms. The van der Waals surface area contributed by atoms with Crippen LogP contribution in [-0.4, -0.2) is 0 Å². The third-order valence-corrected chi connectivity index (χ3v) is 5.58. The van der Waals surface area contributed by atoms with Crippen LogP contribution in [0.4, 0.5) is 0 Å².